The van der Waals surface area contributed by atoms with Gasteiger partial charge in [-0.15, -0.1) is 0 Å². The predicted octanol–water partition coefficient (Wildman–Crippen LogP) is 1.25. The quantitative estimate of drug-likeness (QED) is 0.702. The van der Waals surface area contributed by atoms with Crippen molar-refractivity contribution in [2.45, 2.75) is 26.9 Å². The molecule has 1 rings (SSSR count). The van der Waals surface area contributed by atoms with E-state index in [-0.39, 0.29) is 0 Å². The molecule has 1 aromatic rings. The van der Waals surface area contributed by atoms with E-state index in [1.807, 2.05) is 13.0 Å². The topological polar surface area (TPSA) is 71.2 Å². The van der Waals surface area contributed by atoms with Gasteiger partial charge in [0.1, 0.15) is 5.82 Å². The van der Waals surface area contributed by atoms with Crippen LogP contribution in [0, 0.1) is 12.8 Å². The van der Waals surface area contributed by atoms with Crippen LogP contribution in [0.3, 0.4) is 0 Å². The molecule has 0 aliphatic heterocycles. The van der Waals surface area contributed by atoms with Crippen molar-refractivity contribution in [2.75, 3.05) is 18.8 Å². The number of anilines is 1. The monoisotopic (exact) mass is 223 g/mol. The van der Waals surface area contributed by atoms with Crippen molar-refractivity contribution in [2.24, 2.45) is 5.92 Å². The van der Waals surface area contributed by atoms with E-state index in [0.717, 1.165) is 12.1 Å². The van der Waals surface area contributed by atoms with Crippen LogP contribution in [0.15, 0.2) is 12.3 Å². The van der Waals surface area contributed by atoms with Crippen molar-refractivity contribution in [3.63, 3.8) is 0 Å². The van der Waals surface area contributed by atoms with E-state index >= 15 is 0 Å². The Labute approximate surface area is 96.9 Å². The highest BCUT2D eigenvalue weighted by Gasteiger charge is 2.11. The van der Waals surface area contributed by atoms with Gasteiger partial charge in [-0.2, -0.15) is 0 Å². The lowest BCUT2D eigenvalue weighted by Gasteiger charge is -2.15. The first-order chi connectivity index (χ1) is 7.50. The standard InChI is InChI=1S/C12H21N3O/c1-8(2)5-14-7-11(16)10-4-9(3)6-15-12(10)13/h4,6,8,11,14,16H,5,7H2,1-3H3,(H2,13,15). The summed E-state index contributed by atoms with van der Waals surface area (Å²) in [6.45, 7) is 7.58. The Bertz CT molecular complexity index is 339. The van der Waals surface area contributed by atoms with Crippen LogP contribution in [0.25, 0.3) is 0 Å². The molecule has 1 aromatic heterocycles. The van der Waals surface area contributed by atoms with Gasteiger partial charge in [0.15, 0.2) is 0 Å². The normalized spacial score (nSPS) is 13.1. The van der Waals surface area contributed by atoms with Gasteiger partial charge in [-0.3, -0.25) is 0 Å². The first kappa shape index (κ1) is 12.9. The zero-order valence-electron chi connectivity index (χ0n) is 10.2. The van der Waals surface area contributed by atoms with Gasteiger partial charge in [-0.05, 0) is 31.0 Å². The zero-order chi connectivity index (χ0) is 12.1. The van der Waals surface area contributed by atoms with Crippen LogP contribution in [-0.2, 0) is 0 Å². The number of pyridine rings is 1. The van der Waals surface area contributed by atoms with E-state index in [2.05, 4.69) is 24.1 Å². The van der Waals surface area contributed by atoms with E-state index in [9.17, 15) is 5.11 Å². The molecule has 4 heteroatoms. The average molecular weight is 223 g/mol. The lowest BCUT2D eigenvalue weighted by molar-refractivity contribution is 0.174. The number of aryl methyl sites for hydroxylation is 1. The molecule has 4 N–H and O–H groups in total. The minimum atomic E-state index is -0.592. The largest absolute Gasteiger partial charge is 0.387 e. The maximum atomic E-state index is 9.96. The summed E-state index contributed by atoms with van der Waals surface area (Å²) in [7, 11) is 0. The Morgan fingerprint density at radius 2 is 2.12 bits per heavy atom. The number of nitrogens with two attached hydrogens (primary N) is 1. The molecule has 0 amide bonds. The minimum absolute atomic E-state index is 0.407. The van der Waals surface area contributed by atoms with E-state index in [1.165, 1.54) is 0 Å². The van der Waals surface area contributed by atoms with Gasteiger partial charge in [0.05, 0.1) is 6.10 Å². The molecule has 0 bridgehead atoms. The fourth-order valence-corrected chi connectivity index (χ4v) is 1.49. The summed E-state index contributed by atoms with van der Waals surface area (Å²) < 4.78 is 0. The van der Waals surface area contributed by atoms with E-state index in [4.69, 9.17) is 5.73 Å². The molecule has 16 heavy (non-hydrogen) atoms. The summed E-state index contributed by atoms with van der Waals surface area (Å²) in [6.07, 6.45) is 1.11. The molecule has 1 heterocycles. The Morgan fingerprint density at radius 3 is 2.75 bits per heavy atom. The molecular weight excluding hydrogens is 202 g/mol. The number of rotatable bonds is 5. The molecule has 90 valence electrons. The number of hydrogen-bond acceptors (Lipinski definition) is 4. The first-order valence-corrected chi connectivity index (χ1v) is 5.61. The second-order valence-corrected chi connectivity index (χ2v) is 4.56. The Kier molecular flexibility index (Phi) is 4.71. The van der Waals surface area contributed by atoms with Crippen LogP contribution in [0.4, 0.5) is 5.82 Å². The summed E-state index contributed by atoms with van der Waals surface area (Å²) in [5, 5.41) is 13.2. The Hall–Kier alpha value is -1.13. The molecule has 1 unspecified atom stereocenters. The van der Waals surface area contributed by atoms with Gasteiger partial charge < -0.3 is 16.2 Å². The number of nitrogens with one attached hydrogen (secondary N) is 1. The summed E-state index contributed by atoms with van der Waals surface area (Å²) in [5.74, 6) is 0.977. The summed E-state index contributed by atoms with van der Waals surface area (Å²) in [6, 6.07) is 1.88. The molecular formula is C12H21N3O. The number of nitrogens with zero attached hydrogens (tertiary/aromatic N) is 1. The summed E-state index contributed by atoms with van der Waals surface area (Å²) >= 11 is 0. The molecule has 0 saturated carbocycles. The predicted molar refractivity (Wildman–Crippen MR) is 66.1 cm³/mol. The van der Waals surface area contributed by atoms with E-state index < -0.39 is 6.10 Å². The van der Waals surface area contributed by atoms with Crippen LogP contribution >= 0.6 is 0 Å². The Balaban J connectivity index is 2.58. The van der Waals surface area contributed by atoms with E-state index in [0.29, 0.717) is 23.8 Å². The maximum Gasteiger partial charge on any atom is 0.129 e. The number of aliphatic hydroxyl groups excluding tert-OH is 1. The van der Waals surface area contributed by atoms with Gasteiger partial charge in [-0.1, -0.05) is 13.8 Å². The SMILES string of the molecule is Cc1cnc(N)c(C(O)CNCC(C)C)c1. The molecule has 0 spiro atoms. The van der Waals surface area contributed by atoms with Crippen molar-refractivity contribution < 1.29 is 5.11 Å². The molecule has 0 aliphatic carbocycles. The third-order valence-corrected chi connectivity index (χ3v) is 2.34. The van der Waals surface area contributed by atoms with Gasteiger partial charge in [0.2, 0.25) is 0 Å². The molecule has 0 saturated heterocycles. The van der Waals surface area contributed by atoms with Gasteiger partial charge in [0.25, 0.3) is 0 Å². The number of nitrogen functional groups attached to an aromatic ring is 1. The molecule has 0 aliphatic rings. The molecule has 0 fully saturated rings. The molecule has 0 aromatic carbocycles. The highest BCUT2D eigenvalue weighted by molar-refractivity contribution is 5.42. The summed E-state index contributed by atoms with van der Waals surface area (Å²) in [5.41, 5.74) is 7.43. The fourth-order valence-electron chi connectivity index (χ4n) is 1.49. The van der Waals surface area contributed by atoms with Gasteiger partial charge >= 0.3 is 0 Å². The van der Waals surface area contributed by atoms with Crippen molar-refractivity contribution in [1.29, 1.82) is 0 Å². The Morgan fingerprint density at radius 1 is 1.44 bits per heavy atom. The highest BCUT2D eigenvalue weighted by Crippen LogP contribution is 2.18. The summed E-state index contributed by atoms with van der Waals surface area (Å²) in [4.78, 5) is 4.03. The van der Waals surface area contributed by atoms with Crippen LogP contribution in [0.5, 0.6) is 0 Å². The third kappa shape index (κ3) is 3.79. The van der Waals surface area contributed by atoms with Crippen molar-refractivity contribution >= 4 is 5.82 Å². The van der Waals surface area contributed by atoms with Crippen molar-refractivity contribution in [1.82, 2.24) is 10.3 Å². The van der Waals surface area contributed by atoms with Crippen LogP contribution in [0.1, 0.15) is 31.1 Å². The highest BCUT2D eigenvalue weighted by atomic mass is 16.3. The second-order valence-electron chi connectivity index (χ2n) is 4.56. The fraction of sp³-hybridized carbons (Fsp3) is 0.583. The molecule has 4 nitrogen and oxygen atoms in total. The number of aliphatic hydroxyl groups is 1. The van der Waals surface area contributed by atoms with Gasteiger partial charge in [0, 0.05) is 18.3 Å². The average Bonchev–Trinajstić information content (AvgIpc) is 2.21. The van der Waals surface area contributed by atoms with E-state index in [1.54, 1.807) is 6.20 Å². The second kappa shape index (κ2) is 5.82. The minimum Gasteiger partial charge on any atom is -0.387 e. The van der Waals surface area contributed by atoms with Crippen LogP contribution < -0.4 is 11.1 Å². The smallest absolute Gasteiger partial charge is 0.129 e. The van der Waals surface area contributed by atoms with Crippen molar-refractivity contribution in [3.8, 4) is 0 Å². The van der Waals surface area contributed by atoms with Crippen molar-refractivity contribution in [3.05, 3.63) is 23.4 Å². The van der Waals surface area contributed by atoms with Gasteiger partial charge in [-0.25, -0.2) is 4.98 Å². The van der Waals surface area contributed by atoms with Crippen LogP contribution in [-0.4, -0.2) is 23.2 Å². The molecule has 0 radical (unpaired) electrons. The van der Waals surface area contributed by atoms with Crippen LogP contribution in [0.2, 0.25) is 0 Å². The zero-order valence-corrected chi connectivity index (χ0v) is 10.2. The third-order valence-electron chi connectivity index (χ3n) is 2.34. The molecule has 1 atom stereocenters. The lowest BCUT2D eigenvalue weighted by atomic mass is 10.1. The number of hydrogen-bond donors (Lipinski definition) is 3. The first-order valence-electron chi connectivity index (χ1n) is 5.61. The number of aromatic nitrogens is 1. The lowest BCUT2D eigenvalue weighted by Crippen LogP contribution is -2.25. The maximum absolute atomic E-state index is 9.96.